The molecule has 0 aliphatic heterocycles. The highest BCUT2D eigenvalue weighted by atomic mass is 16.3. The van der Waals surface area contributed by atoms with Gasteiger partial charge in [0.2, 0.25) is 5.91 Å². The van der Waals surface area contributed by atoms with Gasteiger partial charge in [0.25, 0.3) is 0 Å². The van der Waals surface area contributed by atoms with Crippen molar-refractivity contribution in [1.29, 1.82) is 0 Å². The number of nitrogens with one attached hydrogen (secondary N) is 1. The first-order valence-corrected chi connectivity index (χ1v) is 8.57. The molecule has 1 aromatic heterocycles. The number of amides is 1. The number of fused-ring (bicyclic) bond motifs is 1. The van der Waals surface area contributed by atoms with Gasteiger partial charge in [-0.25, -0.2) is 0 Å². The number of furan rings is 1. The summed E-state index contributed by atoms with van der Waals surface area (Å²) in [4.78, 5) is 12.5. The van der Waals surface area contributed by atoms with Crippen LogP contribution in [0.15, 0.2) is 52.9 Å². The van der Waals surface area contributed by atoms with E-state index in [2.05, 4.69) is 19.2 Å². The minimum atomic E-state index is -0.159. The summed E-state index contributed by atoms with van der Waals surface area (Å²) in [5, 5.41) is 4.23. The molecule has 0 aliphatic rings. The number of nitrogen functional groups attached to an aromatic ring is 1. The number of nitrogens with two attached hydrogens (primary N) is 1. The Morgan fingerprint density at radius 3 is 2.44 bits per heavy atom. The average molecular weight is 336 g/mol. The van der Waals surface area contributed by atoms with Crippen molar-refractivity contribution in [2.75, 3.05) is 5.73 Å². The largest absolute Gasteiger partial charge is 0.459 e. The summed E-state index contributed by atoms with van der Waals surface area (Å²) in [5.74, 6) is 1.03. The first-order valence-electron chi connectivity index (χ1n) is 8.57. The molecule has 130 valence electrons. The average Bonchev–Trinajstić information content (AvgIpc) is 2.91. The van der Waals surface area contributed by atoms with Crippen molar-refractivity contribution in [3.63, 3.8) is 0 Å². The van der Waals surface area contributed by atoms with E-state index in [9.17, 15) is 4.79 Å². The number of hydrogen-bond acceptors (Lipinski definition) is 3. The second-order valence-electron chi connectivity index (χ2n) is 6.80. The minimum Gasteiger partial charge on any atom is -0.459 e. The summed E-state index contributed by atoms with van der Waals surface area (Å²) in [6.45, 7) is 6.21. The Kier molecular flexibility index (Phi) is 4.79. The van der Waals surface area contributed by atoms with Crippen molar-refractivity contribution in [2.45, 2.75) is 33.2 Å². The lowest BCUT2D eigenvalue weighted by Crippen LogP contribution is -2.33. The monoisotopic (exact) mass is 336 g/mol. The van der Waals surface area contributed by atoms with Crippen LogP contribution in [0.1, 0.15) is 36.8 Å². The normalized spacial score (nSPS) is 12.5. The van der Waals surface area contributed by atoms with Crippen LogP contribution in [0.3, 0.4) is 0 Å². The zero-order valence-corrected chi connectivity index (χ0v) is 14.9. The molecule has 0 saturated heterocycles. The standard InChI is InChI=1S/C21H24N2O2/c1-13(2)20(21-14(3)17-6-4-5-7-18(17)25-21)23-19(24)12-15-8-10-16(22)11-9-15/h4-11,13,20H,12,22H2,1-3H3,(H,23,24). The number of aryl methyl sites for hydroxylation is 1. The number of para-hydroxylation sites is 1. The maximum atomic E-state index is 12.5. The summed E-state index contributed by atoms with van der Waals surface area (Å²) >= 11 is 0. The summed E-state index contributed by atoms with van der Waals surface area (Å²) in [7, 11) is 0. The van der Waals surface area contributed by atoms with Gasteiger partial charge in [-0.15, -0.1) is 0 Å². The lowest BCUT2D eigenvalue weighted by Gasteiger charge is -2.21. The highest BCUT2D eigenvalue weighted by Gasteiger charge is 2.25. The van der Waals surface area contributed by atoms with Gasteiger partial charge in [0.15, 0.2) is 0 Å². The molecular weight excluding hydrogens is 312 g/mol. The number of carbonyl (C=O) groups is 1. The van der Waals surface area contributed by atoms with Gasteiger partial charge in [0, 0.05) is 16.6 Å². The van der Waals surface area contributed by atoms with Gasteiger partial charge in [-0.05, 0) is 36.6 Å². The van der Waals surface area contributed by atoms with Gasteiger partial charge in [-0.3, -0.25) is 4.79 Å². The Bertz CT molecular complexity index is 879. The fourth-order valence-electron chi connectivity index (χ4n) is 3.07. The first kappa shape index (κ1) is 17.1. The molecule has 0 saturated carbocycles. The van der Waals surface area contributed by atoms with Crippen LogP contribution in [0.4, 0.5) is 5.69 Å². The van der Waals surface area contributed by atoms with Crippen molar-refractivity contribution in [1.82, 2.24) is 5.32 Å². The van der Waals surface area contributed by atoms with E-state index in [1.165, 1.54) is 0 Å². The molecule has 3 rings (SSSR count). The van der Waals surface area contributed by atoms with Crippen LogP contribution in [0.5, 0.6) is 0 Å². The van der Waals surface area contributed by atoms with Crippen LogP contribution in [0.2, 0.25) is 0 Å². The zero-order valence-electron chi connectivity index (χ0n) is 14.9. The van der Waals surface area contributed by atoms with Crippen LogP contribution in [0.25, 0.3) is 11.0 Å². The van der Waals surface area contributed by atoms with E-state index in [4.69, 9.17) is 10.2 Å². The van der Waals surface area contributed by atoms with E-state index in [-0.39, 0.29) is 17.9 Å². The van der Waals surface area contributed by atoms with Gasteiger partial charge in [0.1, 0.15) is 11.3 Å². The summed E-state index contributed by atoms with van der Waals surface area (Å²) < 4.78 is 6.06. The van der Waals surface area contributed by atoms with Gasteiger partial charge in [-0.1, -0.05) is 44.2 Å². The van der Waals surface area contributed by atoms with Crippen molar-refractivity contribution in [3.8, 4) is 0 Å². The molecule has 3 N–H and O–H groups in total. The Morgan fingerprint density at radius 1 is 1.12 bits per heavy atom. The molecule has 2 aromatic carbocycles. The maximum absolute atomic E-state index is 12.5. The minimum absolute atomic E-state index is 0.0247. The van der Waals surface area contributed by atoms with Crippen LogP contribution in [-0.2, 0) is 11.2 Å². The van der Waals surface area contributed by atoms with E-state index in [0.717, 1.165) is 27.9 Å². The summed E-state index contributed by atoms with van der Waals surface area (Å²) in [6.07, 6.45) is 0.322. The van der Waals surface area contributed by atoms with E-state index >= 15 is 0 Å². The summed E-state index contributed by atoms with van der Waals surface area (Å²) in [6, 6.07) is 15.2. The number of carbonyl (C=O) groups excluding carboxylic acids is 1. The van der Waals surface area contributed by atoms with Crippen molar-refractivity contribution >= 4 is 22.6 Å². The highest BCUT2D eigenvalue weighted by molar-refractivity contribution is 5.83. The second-order valence-corrected chi connectivity index (χ2v) is 6.80. The fourth-order valence-corrected chi connectivity index (χ4v) is 3.07. The van der Waals surface area contributed by atoms with Gasteiger partial charge in [0.05, 0.1) is 12.5 Å². The topological polar surface area (TPSA) is 68.3 Å². The Labute approximate surface area is 148 Å². The predicted octanol–water partition coefficient (Wildman–Crippen LogP) is 4.38. The molecule has 3 aromatic rings. The fraction of sp³-hybridized carbons (Fsp3) is 0.286. The van der Waals surface area contributed by atoms with Crippen LogP contribution >= 0.6 is 0 Å². The van der Waals surface area contributed by atoms with Gasteiger partial charge in [-0.2, -0.15) is 0 Å². The molecule has 1 unspecified atom stereocenters. The zero-order chi connectivity index (χ0) is 18.0. The molecular formula is C21H24N2O2. The quantitative estimate of drug-likeness (QED) is 0.679. The third kappa shape index (κ3) is 3.68. The third-order valence-electron chi connectivity index (χ3n) is 4.49. The van der Waals surface area contributed by atoms with E-state index < -0.39 is 0 Å². The van der Waals surface area contributed by atoms with Crippen molar-refractivity contribution < 1.29 is 9.21 Å². The number of hydrogen-bond donors (Lipinski definition) is 2. The molecule has 0 radical (unpaired) electrons. The van der Waals surface area contributed by atoms with E-state index in [1.807, 2.05) is 55.5 Å². The molecule has 1 heterocycles. The first-order chi connectivity index (χ1) is 12.0. The number of benzene rings is 2. The maximum Gasteiger partial charge on any atom is 0.225 e. The summed E-state index contributed by atoms with van der Waals surface area (Å²) in [5.41, 5.74) is 9.27. The molecule has 0 bridgehead atoms. The third-order valence-corrected chi connectivity index (χ3v) is 4.49. The smallest absolute Gasteiger partial charge is 0.225 e. The van der Waals surface area contributed by atoms with Crippen molar-refractivity contribution in [3.05, 3.63) is 65.4 Å². The predicted molar refractivity (Wildman–Crippen MR) is 101 cm³/mol. The highest BCUT2D eigenvalue weighted by Crippen LogP contribution is 2.32. The number of anilines is 1. The Morgan fingerprint density at radius 2 is 1.80 bits per heavy atom. The van der Waals surface area contributed by atoms with E-state index in [1.54, 1.807) is 0 Å². The SMILES string of the molecule is Cc1c(C(NC(=O)Cc2ccc(N)cc2)C(C)C)oc2ccccc12. The van der Waals surface area contributed by atoms with Crippen LogP contribution < -0.4 is 11.1 Å². The Balaban J connectivity index is 1.82. The van der Waals surface area contributed by atoms with Gasteiger partial charge >= 0.3 is 0 Å². The Hall–Kier alpha value is -2.75. The molecule has 1 atom stereocenters. The molecule has 4 nitrogen and oxygen atoms in total. The molecule has 0 aliphatic carbocycles. The van der Waals surface area contributed by atoms with Crippen molar-refractivity contribution in [2.24, 2.45) is 5.92 Å². The molecule has 0 spiro atoms. The molecule has 4 heteroatoms. The van der Waals surface area contributed by atoms with Gasteiger partial charge < -0.3 is 15.5 Å². The lowest BCUT2D eigenvalue weighted by molar-refractivity contribution is -0.121. The lowest BCUT2D eigenvalue weighted by atomic mass is 9.97. The molecule has 1 amide bonds. The van der Waals surface area contributed by atoms with Crippen LogP contribution in [0, 0.1) is 12.8 Å². The second kappa shape index (κ2) is 7.01. The molecule has 0 fully saturated rings. The van der Waals surface area contributed by atoms with E-state index in [0.29, 0.717) is 12.1 Å². The number of rotatable bonds is 5. The van der Waals surface area contributed by atoms with Crippen LogP contribution in [-0.4, -0.2) is 5.91 Å². The molecule has 25 heavy (non-hydrogen) atoms.